The first-order valence-electron chi connectivity index (χ1n) is 11.4. The summed E-state index contributed by atoms with van der Waals surface area (Å²) in [5.74, 6) is -0.0220. The van der Waals surface area contributed by atoms with Gasteiger partial charge < -0.3 is 14.9 Å². The molecule has 2 aromatic heterocycles. The number of hydrogen-bond donors (Lipinski definition) is 2. The van der Waals surface area contributed by atoms with Gasteiger partial charge in [-0.05, 0) is 50.1 Å². The number of para-hydroxylation sites is 2. The van der Waals surface area contributed by atoms with Crippen LogP contribution in [0, 0.1) is 0 Å². The summed E-state index contributed by atoms with van der Waals surface area (Å²) in [6, 6.07) is 18.7. The van der Waals surface area contributed by atoms with Gasteiger partial charge in [0.15, 0.2) is 0 Å². The van der Waals surface area contributed by atoms with Crippen molar-refractivity contribution in [3.8, 4) is 0 Å². The molecule has 0 aliphatic carbocycles. The average molecular weight is 415 g/mol. The lowest BCUT2D eigenvalue weighted by molar-refractivity contribution is 0.0948. The van der Waals surface area contributed by atoms with E-state index < -0.39 is 0 Å². The Morgan fingerprint density at radius 1 is 1.10 bits per heavy atom. The van der Waals surface area contributed by atoms with E-state index in [9.17, 15) is 4.79 Å². The zero-order valence-electron chi connectivity index (χ0n) is 18.2. The number of nitrogens with one attached hydrogen (secondary N) is 2. The average Bonchev–Trinajstić information content (AvgIpc) is 3.37. The molecule has 3 heterocycles. The molecule has 1 aliphatic rings. The Morgan fingerprint density at radius 2 is 1.94 bits per heavy atom. The van der Waals surface area contributed by atoms with E-state index >= 15 is 0 Å². The highest BCUT2D eigenvalue weighted by Crippen LogP contribution is 2.30. The number of rotatable bonds is 7. The van der Waals surface area contributed by atoms with Crippen molar-refractivity contribution in [3.05, 3.63) is 71.5 Å². The number of unbranched alkanes of at least 4 members (excludes halogenated alkanes) is 1. The number of amides is 1. The molecule has 0 atom stereocenters. The summed E-state index contributed by atoms with van der Waals surface area (Å²) in [5.41, 5.74) is 6.04. The summed E-state index contributed by atoms with van der Waals surface area (Å²) >= 11 is 0. The highest BCUT2D eigenvalue weighted by atomic mass is 16.1. The Kier molecular flexibility index (Phi) is 5.51. The number of H-pyrrole nitrogens is 1. The normalized spacial score (nSPS) is 14.2. The third kappa shape index (κ3) is 3.86. The number of benzene rings is 2. The number of aromatic nitrogens is 2. The minimum absolute atomic E-state index is 0.0220. The van der Waals surface area contributed by atoms with Crippen LogP contribution in [0.15, 0.2) is 54.6 Å². The van der Waals surface area contributed by atoms with E-state index in [1.807, 2.05) is 30.3 Å². The van der Waals surface area contributed by atoms with Gasteiger partial charge in [-0.3, -0.25) is 9.69 Å². The second-order valence-corrected chi connectivity index (χ2v) is 8.45. The minimum Gasteiger partial charge on any atom is -0.351 e. The van der Waals surface area contributed by atoms with Crippen molar-refractivity contribution in [2.24, 2.45) is 0 Å². The summed E-state index contributed by atoms with van der Waals surface area (Å²) in [7, 11) is 0. The zero-order chi connectivity index (χ0) is 21.2. The highest BCUT2D eigenvalue weighted by molar-refractivity contribution is 5.97. The Hall–Kier alpha value is -3.05. The monoisotopic (exact) mass is 414 g/mol. The molecule has 2 N–H and O–H groups in total. The predicted molar refractivity (Wildman–Crippen MR) is 126 cm³/mol. The van der Waals surface area contributed by atoms with Gasteiger partial charge in [0.2, 0.25) is 0 Å². The van der Waals surface area contributed by atoms with Crippen LogP contribution >= 0.6 is 0 Å². The van der Waals surface area contributed by atoms with Crippen molar-refractivity contribution in [2.45, 2.75) is 39.3 Å². The van der Waals surface area contributed by atoms with Gasteiger partial charge in [0.05, 0.1) is 0 Å². The van der Waals surface area contributed by atoms with Crippen molar-refractivity contribution in [2.75, 3.05) is 19.6 Å². The molecule has 0 fully saturated rings. The third-order valence-corrected chi connectivity index (χ3v) is 6.52. The molecule has 0 spiro atoms. The molecule has 5 rings (SSSR count). The van der Waals surface area contributed by atoms with Crippen LogP contribution in [-0.4, -0.2) is 40.0 Å². The van der Waals surface area contributed by atoms with Crippen molar-refractivity contribution in [1.82, 2.24) is 19.8 Å². The van der Waals surface area contributed by atoms with E-state index in [4.69, 9.17) is 0 Å². The van der Waals surface area contributed by atoms with Gasteiger partial charge in [-0.1, -0.05) is 36.4 Å². The van der Waals surface area contributed by atoms with Gasteiger partial charge in [0, 0.05) is 60.1 Å². The van der Waals surface area contributed by atoms with Crippen LogP contribution < -0.4 is 5.32 Å². The quantitative estimate of drug-likeness (QED) is 0.430. The smallest absolute Gasteiger partial charge is 0.267 e. The van der Waals surface area contributed by atoms with Crippen LogP contribution in [0.3, 0.4) is 0 Å². The molecule has 5 nitrogen and oxygen atoms in total. The molecule has 0 bridgehead atoms. The fraction of sp³-hybridized carbons (Fsp3) is 0.346. The number of carbonyl (C=O) groups is 1. The predicted octanol–water partition coefficient (Wildman–Crippen LogP) is 4.71. The van der Waals surface area contributed by atoms with E-state index in [2.05, 4.69) is 51.0 Å². The summed E-state index contributed by atoms with van der Waals surface area (Å²) in [6.07, 6.45) is 3.20. The van der Waals surface area contributed by atoms with Gasteiger partial charge in [-0.25, -0.2) is 0 Å². The Morgan fingerprint density at radius 3 is 2.81 bits per heavy atom. The summed E-state index contributed by atoms with van der Waals surface area (Å²) in [6.45, 7) is 7.21. The zero-order valence-corrected chi connectivity index (χ0v) is 18.2. The van der Waals surface area contributed by atoms with E-state index in [-0.39, 0.29) is 5.91 Å². The fourth-order valence-corrected chi connectivity index (χ4v) is 4.96. The topological polar surface area (TPSA) is 53.1 Å². The highest BCUT2D eigenvalue weighted by Gasteiger charge is 2.22. The standard InChI is InChI=1S/C26H30N4O/c1-2-30-24-12-6-4-10-20(24)21-18-29(16-13-25(21)30)15-8-7-14-27-26(31)23-17-19-9-3-5-11-22(19)28-23/h3-6,9-12,17,28H,2,7-8,13-16,18H2,1H3,(H,27,31). The first kappa shape index (κ1) is 19.9. The number of aromatic amines is 1. The molecule has 1 amide bonds. The molecule has 5 heteroatoms. The SMILES string of the molecule is CCn1c2c(c3ccccc31)CN(CCCCNC(=O)c1cc3ccccc3[nH]1)CC2. The van der Waals surface area contributed by atoms with E-state index in [0.717, 1.165) is 56.3 Å². The lowest BCUT2D eigenvalue weighted by Crippen LogP contribution is -2.32. The molecule has 0 saturated heterocycles. The van der Waals surface area contributed by atoms with Gasteiger partial charge in [0.25, 0.3) is 5.91 Å². The fourth-order valence-electron chi connectivity index (χ4n) is 4.96. The lowest BCUT2D eigenvalue weighted by Gasteiger charge is -2.28. The Bertz CT molecular complexity index is 1190. The van der Waals surface area contributed by atoms with E-state index in [0.29, 0.717) is 12.2 Å². The third-order valence-electron chi connectivity index (χ3n) is 6.52. The first-order chi connectivity index (χ1) is 15.2. The number of nitrogens with zero attached hydrogens (tertiary/aromatic N) is 2. The van der Waals surface area contributed by atoms with Crippen LogP contribution in [0.4, 0.5) is 0 Å². The number of hydrogen-bond acceptors (Lipinski definition) is 2. The van der Waals surface area contributed by atoms with Crippen LogP contribution in [-0.2, 0) is 19.5 Å². The molecular weight excluding hydrogens is 384 g/mol. The maximum absolute atomic E-state index is 12.4. The van der Waals surface area contributed by atoms with Crippen molar-refractivity contribution >= 4 is 27.7 Å². The van der Waals surface area contributed by atoms with Crippen LogP contribution in [0.25, 0.3) is 21.8 Å². The molecule has 31 heavy (non-hydrogen) atoms. The first-order valence-corrected chi connectivity index (χ1v) is 11.4. The molecule has 2 aromatic carbocycles. The molecule has 0 radical (unpaired) electrons. The summed E-state index contributed by atoms with van der Waals surface area (Å²) < 4.78 is 2.49. The maximum atomic E-state index is 12.4. The van der Waals surface area contributed by atoms with Crippen LogP contribution in [0.5, 0.6) is 0 Å². The van der Waals surface area contributed by atoms with Gasteiger partial charge in [-0.15, -0.1) is 0 Å². The Balaban J connectivity index is 1.12. The summed E-state index contributed by atoms with van der Waals surface area (Å²) in [4.78, 5) is 18.2. The molecule has 0 unspecified atom stereocenters. The minimum atomic E-state index is -0.0220. The van der Waals surface area contributed by atoms with Crippen molar-refractivity contribution in [1.29, 1.82) is 0 Å². The van der Waals surface area contributed by atoms with Crippen LogP contribution in [0.2, 0.25) is 0 Å². The second-order valence-electron chi connectivity index (χ2n) is 8.45. The molecule has 4 aromatic rings. The molecule has 0 saturated carbocycles. The second kappa shape index (κ2) is 8.60. The van der Waals surface area contributed by atoms with Gasteiger partial charge >= 0.3 is 0 Å². The maximum Gasteiger partial charge on any atom is 0.267 e. The molecule has 1 aliphatic heterocycles. The number of fused-ring (bicyclic) bond motifs is 4. The van der Waals surface area contributed by atoms with Gasteiger partial charge in [0.1, 0.15) is 5.69 Å². The van der Waals surface area contributed by atoms with Gasteiger partial charge in [-0.2, -0.15) is 0 Å². The largest absolute Gasteiger partial charge is 0.351 e. The number of carbonyl (C=O) groups excluding carboxylic acids is 1. The molecular formula is C26H30N4O. The Labute approximate surface area is 183 Å². The lowest BCUT2D eigenvalue weighted by atomic mass is 10.0. The van der Waals surface area contributed by atoms with Crippen LogP contribution in [0.1, 0.15) is 41.5 Å². The number of aryl methyl sites for hydroxylation is 1. The van der Waals surface area contributed by atoms with E-state index in [1.54, 1.807) is 0 Å². The summed E-state index contributed by atoms with van der Waals surface area (Å²) in [5, 5.41) is 5.54. The van der Waals surface area contributed by atoms with Crippen molar-refractivity contribution < 1.29 is 4.79 Å². The van der Waals surface area contributed by atoms with Crippen molar-refractivity contribution in [3.63, 3.8) is 0 Å². The molecule has 160 valence electrons. The van der Waals surface area contributed by atoms with E-state index in [1.165, 1.54) is 22.2 Å².